The smallest absolute Gasteiger partial charge is 0.323 e. The van der Waals surface area contributed by atoms with Crippen LogP contribution in [0.4, 0.5) is 0 Å². The Balaban J connectivity index is 1.79. The quantitative estimate of drug-likeness (QED) is 0.761. The molecule has 0 bridgehead atoms. The van der Waals surface area contributed by atoms with Crippen LogP contribution in [0.15, 0.2) is 35.7 Å². The number of aromatic nitrogens is 1. The van der Waals surface area contributed by atoms with Crippen molar-refractivity contribution in [3.63, 3.8) is 0 Å². The van der Waals surface area contributed by atoms with Crippen molar-refractivity contribution in [3.8, 4) is 0 Å². The van der Waals surface area contributed by atoms with Gasteiger partial charge in [-0.05, 0) is 29.6 Å². The Morgan fingerprint density at radius 2 is 2.12 bits per heavy atom. The predicted molar refractivity (Wildman–Crippen MR) is 97.3 cm³/mol. The molecule has 0 unspecified atom stereocenters. The van der Waals surface area contributed by atoms with E-state index in [4.69, 9.17) is 11.6 Å². The first-order valence-corrected chi connectivity index (χ1v) is 9.14. The average molecular weight is 375 g/mol. The molecule has 1 N–H and O–H groups in total. The van der Waals surface area contributed by atoms with Crippen LogP contribution in [0.2, 0.25) is 5.02 Å². The molecule has 2 aromatic heterocycles. The van der Waals surface area contributed by atoms with Crippen LogP contribution in [0, 0.1) is 0 Å². The van der Waals surface area contributed by atoms with Gasteiger partial charge in [0.2, 0.25) is 0 Å². The molecule has 0 fully saturated rings. The van der Waals surface area contributed by atoms with Gasteiger partial charge in [0.25, 0.3) is 5.91 Å². The number of hydrogen-bond donors (Lipinski definition) is 1. The van der Waals surface area contributed by atoms with Crippen LogP contribution in [-0.2, 0) is 24.3 Å². The lowest BCUT2D eigenvalue weighted by atomic mass is 10.0. The van der Waals surface area contributed by atoms with Crippen LogP contribution in [0.1, 0.15) is 20.9 Å². The standard InChI is InChI=1S/C18H15ClN2O3S/c19-11-3-4-14-12(8-11)13-9-20(18(24)16-2-1-7-25-16)6-5-15(13)21(14)10-17(22)23/h1-4,7-8H,5-6,9-10H2,(H,22,23). The van der Waals surface area contributed by atoms with Gasteiger partial charge < -0.3 is 14.6 Å². The summed E-state index contributed by atoms with van der Waals surface area (Å²) in [6, 6.07) is 9.17. The molecule has 1 aliphatic rings. The summed E-state index contributed by atoms with van der Waals surface area (Å²) in [5.74, 6) is -0.867. The largest absolute Gasteiger partial charge is 0.480 e. The third-order valence-electron chi connectivity index (χ3n) is 4.53. The maximum Gasteiger partial charge on any atom is 0.323 e. The fourth-order valence-corrected chi connectivity index (χ4v) is 4.33. The zero-order valence-electron chi connectivity index (χ0n) is 13.2. The van der Waals surface area contributed by atoms with Gasteiger partial charge in [0, 0.05) is 46.7 Å². The molecule has 1 aliphatic heterocycles. The molecule has 3 aromatic rings. The van der Waals surface area contributed by atoms with Crippen LogP contribution < -0.4 is 0 Å². The van der Waals surface area contributed by atoms with Crippen LogP contribution in [0.5, 0.6) is 0 Å². The summed E-state index contributed by atoms with van der Waals surface area (Å²) < 4.78 is 1.83. The van der Waals surface area contributed by atoms with Gasteiger partial charge in [0.05, 0.1) is 4.88 Å². The van der Waals surface area contributed by atoms with E-state index in [0.717, 1.165) is 27.0 Å². The number of benzene rings is 1. The lowest BCUT2D eigenvalue weighted by Gasteiger charge is -2.28. The Morgan fingerprint density at radius 1 is 1.28 bits per heavy atom. The van der Waals surface area contributed by atoms with Gasteiger partial charge in [-0.2, -0.15) is 0 Å². The number of hydrogen-bond acceptors (Lipinski definition) is 3. The zero-order chi connectivity index (χ0) is 17.6. The van der Waals surface area contributed by atoms with Crippen molar-refractivity contribution >= 4 is 45.7 Å². The van der Waals surface area contributed by atoms with Gasteiger partial charge in [-0.25, -0.2) is 0 Å². The lowest BCUT2D eigenvalue weighted by molar-refractivity contribution is -0.137. The van der Waals surface area contributed by atoms with Gasteiger partial charge in [0.1, 0.15) is 6.54 Å². The number of carbonyl (C=O) groups is 2. The fraction of sp³-hybridized carbons (Fsp3) is 0.222. The number of halogens is 1. The lowest BCUT2D eigenvalue weighted by Crippen LogP contribution is -2.36. The third kappa shape index (κ3) is 2.81. The van der Waals surface area contributed by atoms with Crippen LogP contribution in [0.25, 0.3) is 10.9 Å². The number of amides is 1. The SMILES string of the molecule is O=C(O)Cn1c2c(c3cc(Cl)ccc31)CN(C(=O)c1cccs1)CC2. The summed E-state index contributed by atoms with van der Waals surface area (Å²) in [5, 5.41) is 12.7. The van der Waals surface area contributed by atoms with Crippen molar-refractivity contribution in [1.82, 2.24) is 9.47 Å². The number of carboxylic acid groups (broad SMARTS) is 1. The molecular weight excluding hydrogens is 360 g/mol. The van der Waals surface area contributed by atoms with Gasteiger partial charge >= 0.3 is 5.97 Å². The first-order chi connectivity index (χ1) is 12.0. The van der Waals surface area contributed by atoms with Crippen molar-refractivity contribution in [2.75, 3.05) is 6.54 Å². The molecule has 0 radical (unpaired) electrons. The number of thiophene rings is 1. The minimum atomic E-state index is -0.883. The fourth-order valence-electron chi connectivity index (χ4n) is 3.47. The second kappa shape index (κ2) is 6.20. The van der Waals surface area contributed by atoms with Gasteiger partial charge in [-0.15, -0.1) is 11.3 Å². The molecule has 7 heteroatoms. The Hall–Kier alpha value is -2.31. The van der Waals surface area contributed by atoms with E-state index in [9.17, 15) is 14.7 Å². The maximum atomic E-state index is 12.7. The molecule has 3 heterocycles. The Bertz CT molecular complexity index is 978. The van der Waals surface area contributed by atoms with Crippen LogP contribution in [-0.4, -0.2) is 33.0 Å². The molecule has 128 valence electrons. The maximum absolute atomic E-state index is 12.7. The minimum absolute atomic E-state index is 0.0156. The summed E-state index contributed by atoms with van der Waals surface area (Å²) in [4.78, 5) is 26.5. The van der Waals surface area contributed by atoms with Gasteiger partial charge in [-0.3, -0.25) is 9.59 Å². The van der Waals surface area contributed by atoms with Crippen LogP contribution >= 0.6 is 22.9 Å². The monoisotopic (exact) mass is 374 g/mol. The Morgan fingerprint density at radius 3 is 2.84 bits per heavy atom. The molecule has 1 aromatic carbocycles. The molecule has 25 heavy (non-hydrogen) atoms. The van der Waals surface area contributed by atoms with E-state index < -0.39 is 5.97 Å². The first kappa shape index (κ1) is 16.2. The molecule has 0 aliphatic carbocycles. The molecule has 0 saturated heterocycles. The van der Waals surface area contributed by atoms with E-state index in [1.165, 1.54) is 11.3 Å². The first-order valence-electron chi connectivity index (χ1n) is 7.88. The molecule has 4 rings (SSSR count). The van der Waals surface area contributed by atoms with E-state index in [0.29, 0.717) is 24.5 Å². The van der Waals surface area contributed by atoms with Crippen molar-refractivity contribution in [2.45, 2.75) is 19.5 Å². The van der Waals surface area contributed by atoms with E-state index in [-0.39, 0.29) is 12.5 Å². The van der Waals surface area contributed by atoms with Crippen molar-refractivity contribution in [3.05, 3.63) is 56.9 Å². The van der Waals surface area contributed by atoms with Crippen LogP contribution in [0.3, 0.4) is 0 Å². The van der Waals surface area contributed by atoms with Gasteiger partial charge in [-0.1, -0.05) is 17.7 Å². The Kier molecular flexibility index (Phi) is 4.01. The number of carbonyl (C=O) groups excluding carboxylic acids is 1. The van der Waals surface area contributed by atoms with E-state index in [1.54, 1.807) is 6.07 Å². The summed E-state index contributed by atoms with van der Waals surface area (Å²) in [5.41, 5.74) is 2.83. The number of nitrogens with zero attached hydrogens (tertiary/aromatic N) is 2. The summed E-state index contributed by atoms with van der Waals surface area (Å²) in [6.45, 7) is 0.954. The molecule has 0 saturated carbocycles. The molecule has 0 atom stereocenters. The third-order valence-corrected chi connectivity index (χ3v) is 5.62. The molecule has 1 amide bonds. The zero-order valence-corrected chi connectivity index (χ0v) is 14.8. The Labute approximate surface area is 153 Å². The summed E-state index contributed by atoms with van der Waals surface area (Å²) in [6.07, 6.45) is 0.631. The van der Waals surface area contributed by atoms with E-state index in [2.05, 4.69) is 0 Å². The summed E-state index contributed by atoms with van der Waals surface area (Å²) >= 11 is 7.58. The van der Waals surface area contributed by atoms with Crippen molar-refractivity contribution in [2.24, 2.45) is 0 Å². The molecule has 0 spiro atoms. The number of carboxylic acids is 1. The van der Waals surface area contributed by atoms with E-state index >= 15 is 0 Å². The molecule has 5 nitrogen and oxygen atoms in total. The predicted octanol–water partition coefficient (Wildman–Crippen LogP) is 3.64. The highest BCUT2D eigenvalue weighted by Gasteiger charge is 2.28. The van der Waals surface area contributed by atoms with E-state index in [1.807, 2.05) is 39.1 Å². The van der Waals surface area contributed by atoms with Gasteiger partial charge in [0.15, 0.2) is 0 Å². The number of aliphatic carboxylic acids is 1. The summed E-state index contributed by atoms with van der Waals surface area (Å²) in [7, 11) is 0. The molecular formula is C18H15ClN2O3S. The average Bonchev–Trinajstić information content (AvgIpc) is 3.21. The van der Waals surface area contributed by atoms with Crippen molar-refractivity contribution in [1.29, 1.82) is 0 Å². The highest BCUT2D eigenvalue weighted by Crippen LogP contribution is 2.33. The number of rotatable bonds is 3. The number of fused-ring (bicyclic) bond motifs is 3. The minimum Gasteiger partial charge on any atom is -0.480 e. The normalized spacial score (nSPS) is 13.9. The second-order valence-electron chi connectivity index (χ2n) is 6.02. The highest BCUT2D eigenvalue weighted by atomic mass is 35.5. The highest BCUT2D eigenvalue weighted by molar-refractivity contribution is 7.12. The second-order valence-corrected chi connectivity index (χ2v) is 7.40. The van der Waals surface area contributed by atoms with Crippen molar-refractivity contribution < 1.29 is 14.7 Å². The topological polar surface area (TPSA) is 62.5 Å².